The lowest BCUT2D eigenvalue weighted by molar-refractivity contribution is -0.143. The average molecular weight is 424 g/mol. The van der Waals surface area contributed by atoms with Gasteiger partial charge in [-0.2, -0.15) is 0 Å². The monoisotopic (exact) mass is 424 g/mol. The largest absolute Gasteiger partial charge is 0.481 e. The number of carboxylic acids is 1. The molecular weight excluding hydrogens is 404 g/mol. The van der Waals surface area contributed by atoms with Crippen molar-refractivity contribution in [3.8, 4) is 5.75 Å². The molecule has 1 aromatic carbocycles. The van der Waals surface area contributed by atoms with Gasteiger partial charge in [0.05, 0.1) is 13.0 Å². The fourth-order valence-corrected chi connectivity index (χ4v) is 3.27. The van der Waals surface area contributed by atoms with Gasteiger partial charge in [0.1, 0.15) is 6.61 Å². The zero-order valence-electron chi connectivity index (χ0n) is 15.8. The van der Waals surface area contributed by atoms with Crippen LogP contribution in [0.1, 0.15) is 29.4 Å². The minimum Gasteiger partial charge on any atom is -0.481 e. The van der Waals surface area contributed by atoms with E-state index in [1.807, 2.05) is 0 Å². The molecule has 0 bridgehead atoms. The summed E-state index contributed by atoms with van der Waals surface area (Å²) in [6, 6.07) is 8.66. The van der Waals surface area contributed by atoms with E-state index in [1.165, 1.54) is 0 Å². The number of nitrogens with zero attached hydrogens (tertiary/aromatic N) is 2. The zero-order valence-corrected chi connectivity index (χ0v) is 16.6. The maximum Gasteiger partial charge on any atom is 0.358 e. The van der Waals surface area contributed by atoms with Gasteiger partial charge >= 0.3 is 11.9 Å². The highest BCUT2D eigenvalue weighted by molar-refractivity contribution is 7.90. The standard InChI is InChI=1S/C18H20N2O8S/c1-3-27-13(21)9-10-20-16(22)15(28-11-12-7-5-4-6-8-12)14(17(23)24)19-18(20)29(2,25)26/h4-8H,3,9-11H2,1-2H3,(H,23,24). The van der Waals surface area contributed by atoms with Crippen LogP contribution in [0.25, 0.3) is 0 Å². The maximum atomic E-state index is 12.9. The number of aromatic carboxylic acids is 1. The van der Waals surface area contributed by atoms with Crippen LogP contribution in [-0.4, -0.2) is 47.9 Å². The van der Waals surface area contributed by atoms with E-state index in [2.05, 4.69) is 4.98 Å². The smallest absolute Gasteiger partial charge is 0.358 e. The molecule has 0 saturated carbocycles. The van der Waals surface area contributed by atoms with E-state index in [0.29, 0.717) is 10.1 Å². The van der Waals surface area contributed by atoms with Crippen molar-refractivity contribution in [3.05, 3.63) is 51.9 Å². The molecule has 1 heterocycles. The van der Waals surface area contributed by atoms with Crippen LogP contribution < -0.4 is 10.3 Å². The first kappa shape index (κ1) is 22.1. The number of carboxylic acid groups (broad SMARTS) is 1. The molecule has 0 unspecified atom stereocenters. The predicted octanol–water partition coefficient (Wildman–Crippen LogP) is 0.877. The second kappa shape index (κ2) is 9.32. The van der Waals surface area contributed by atoms with Crippen molar-refractivity contribution in [2.45, 2.75) is 31.7 Å². The minimum atomic E-state index is -4.08. The maximum absolute atomic E-state index is 12.9. The van der Waals surface area contributed by atoms with Crippen molar-refractivity contribution in [1.29, 1.82) is 0 Å². The number of sulfone groups is 1. The molecule has 2 rings (SSSR count). The Balaban J connectivity index is 2.53. The number of hydrogen-bond donors (Lipinski definition) is 1. The molecule has 0 aliphatic rings. The number of hydrogen-bond acceptors (Lipinski definition) is 8. The van der Waals surface area contributed by atoms with Gasteiger partial charge in [-0.1, -0.05) is 30.3 Å². The number of aromatic nitrogens is 2. The van der Waals surface area contributed by atoms with E-state index in [4.69, 9.17) is 9.47 Å². The van der Waals surface area contributed by atoms with Gasteiger partial charge in [-0.25, -0.2) is 18.2 Å². The summed E-state index contributed by atoms with van der Waals surface area (Å²) in [4.78, 5) is 39.7. The van der Waals surface area contributed by atoms with Gasteiger partial charge in [-0.05, 0) is 12.5 Å². The molecule has 0 amide bonds. The van der Waals surface area contributed by atoms with Crippen LogP contribution in [0.5, 0.6) is 5.75 Å². The van der Waals surface area contributed by atoms with Crippen LogP contribution in [0.3, 0.4) is 0 Å². The van der Waals surface area contributed by atoms with Gasteiger partial charge in [0.2, 0.25) is 20.7 Å². The van der Waals surface area contributed by atoms with E-state index in [-0.39, 0.29) is 26.2 Å². The third-order valence-electron chi connectivity index (χ3n) is 3.70. The fraction of sp³-hybridized carbons (Fsp3) is 0.333. The number of benzene rings is 1. The van der Waals surface area contributed by atoms with Crippen molar-refractivity contribution < 1.29 is 32.6 Å². The van der Waals surface area contributed by atoms with E-state index in [0.717, 1.165) is 6.26 Å². The lowest BCUT2D eigenvalue weighted by atomic mass is 10.2. The van der Waals surface area contributed by atoms with Crippen molar-refractivity contribution in [2.75, 3.05) is 12.9 Å². The molecule has 156 valence electrons. The Kier molecular flexibility index (Phi) is 7.10. The van der Waals surface area contributed by atoms with Crippen LogP contribution in [0.15, 0.2) is 40.3 Å². The van der Waals surface area contributed by atoms with Gasteiger partial charge in [-0.3, -0.25) is 14.2 Å². The third kappa shape index (κ3) is 5.64. The molecule has 0 aliphatic heterocycles. The molecule has 0 fully saturated rings. The molecule has 29 heavy (non-hydrogen) atoms. The molecule has 11 heteroatoms. The summed E-state index contributed by atoms with van der Waals surface area (Å²) >= 11 is 0. The SMILES string of the molecule is CCOC(=O)CCn1c(S(C)(=O)=O)nc(C(=O)O)c(OCc2ccccc2)c1=O. The lowest BCUT2D eigenvalue weighted by Gasteiger charge is -2.15. The van der Waals surface area contributed by atoms with Gasteiger partial charge in [-0.15, -0.1) is 0 Å². The summed E-state index contributed by atoms with van der Waals surface area (Å²) in [5.74, 6) is -2.88. The molecule has 1 N–H and O–H groups in total. The first-order chi connectivity index (χ1) is 13.6. The summed E-state index contributed by atoms with van der Waals surface area (Å²) in [6.45, 7) is 1.22. The van der Waals surface area contributed by atoms with Gasteiger partial charge in [0.15, 0.2) is 5.69 Å². The molecule has 0 spiro atoms. The van der Waals surface area contributed by atoms with Gasteiger partial charge in [0, 0.05) is 12.8 Å². The predicted molar refractivity (Wildman–Crippen MR) is 101 cm³/mol. The number of ether oxygens (including phenoxy) is 2. The molecule has 1 aromatic heterocycles. The van der Waals surface area contributed by atoms with Gasteiger partial charge < -0.3 is 14.6 Å². The Morgan fingerprint density at radius 1 is 1.21 bits per heavy atom. The molecule has 10 nitrogen and oxygen atoms in total. The normalized spacial score (nSPS) is 11.1. The first-order valence-corrected chi connectivity index (χ1v) is 10.4. The summed E-state index contributed by atoms with van der Waals surface area (Å²) in [6.07, 6.45) is 0.480. The first-order valence-electron chi connectivity index (χ1n) is 8.55. The third-order valence-corrected chi connectivity index (χ3v) is 4.67. The summed E-state index contributed by atoms with van der Waals surface area (Å²) in [7, 11) is -4.08. The lowest BCUT2D eigenvalue weighted by Crippen LogP contribution is -2.32. The van der Waals surface area contributed by atoms with E-state index in [9.17, 15) is 27.9 Å². The van der Waals surface area contributed by atoms with E-state index in [1.54, 1.807) is 37.3 Å². The summed E-state index contributed by atoms with van der Waals surface area (Å²) in [5, 5.41) is 8.63. The highest BCUT2D eigenvalue weighted by Crippen LogP contribution is 2.17. The van der Waals surface area contributed by atoms with Gasteiger partial charge in [0.25, 0.3) is 5.56 Å². The highest BCUT2D eigenvalue weighted by atomic mass is 32.2. The Hall–Kier alpha value is -3.21. The Morgan fingerprint density at radius 3 is 2.41 bits per heavy atom. The van der Waals surface area contributed by atoms with E-state index < -0.39 is 43.9 Å². The van der Waals surface area contributed by atoms with Crippen LogP contribution in [0.2, 0.25) is 0 Å². The van der Waals surface area contributed by atoms with Crippen LogP contribution in [0, 0.1) is 0 Å². The summed E-state index contributed by atoms with van der Waals surface area (Å²) < 4.78 is 35.0. The number of carbonyl (C=O) groups is 2. The zero-order chi connectivity index (χ0) is 21.6. The molecule has 0 saturated heterocycles. The Labute approximate surface area is 166 Å². The number of esters is 1. The van der Waals surface area contributed by atoms with Crippen LogP contribution in [-0.2, 0) is 32.5 Å². The van der Waals surface area contributed by atoms with Crippen molar-refractivity contribution in [3.63, 3.8) is 0 Å². The molecule has 0 aliphatic carbocycles. The Bertz CT molecular complexity index is 1060. The number of rotatable bonds is 9. The number of carbonyl (C=O) groups excluding carboxylic acids is 1. The Morgan fingerprint density at radius 2 is 1.86 bits per heavy atom. The molecule has 2 aromatic rings. The molecule has 0 radical (unpaired) electrons. The van der Waals surface area contributed by atoms with Crippen molar-refractivity contribution in [1.82, 2.24) is 9.55 Å². The van der Waals surface area contributed by atoms with Crippen molar-refractivity contribution >= 4 is 21.8 Å². The molecule has 0 atom stereocenters. The highest BCUT2D eigenvalue weighted by Gasteiger charge is 2.27. The second-order valence-corrected chi connectivity index (χ2v) is 7.84. The second-order valence-electron chi connectivity index (χ2n) is 5.94. The fourth-order valence-electron chi connectivity index (χ4n) is 2.44. The van der Waals surface area contributed by atoms with Crippen LogP contribution >= 0.6 is 0 Å². The average Bonchev–Trinajstić information content (AvgIpc) is 2.65. The topological polar surface area (TPSA) is 142 Å². The van der Waals surface area contributed by atoms with Crippen molar-refractivity contribution in [2.24, 2.45) is 0 Å². The quantitative estimate of drug-likeness (QED) is 0.458. The van der Waals surface area contributed by atoms with E-state index >= 15 is 0 Å². The summed E-state index contributed by atoms with van der Waals surface area (Å²) in [5.41, 5.74) is -1.18. The minimum absolute atomic E-state index is 0.119. The molecular formula is C18H20N2O8S. The van der Waals surface area contributed by atoms with Crippen LogP contribution in [0.4, 0.5) is 0 Å².